The number of hydrogen-bond acceptors (Lipinski definition) is 6. The Hall–Kier alpha value is -2.70. The molecule has 0 unspecified atom stereocenters. The fourth-order valence-electron chi connectivity index (χ4n) is 6.88. The van der Waals surface area contributed by atoms with Crippen molar-refractivity contribution in [1.29, 1.82) is 0 Å². The van der Waals surface area contributed by atoms with Gasteiger partial charge in [0.1, 0.15) is 11.5 Å². The first-order chi connectivity index (χ1) is 22.8. The second kappa shape index (κ2) is 15.9. The lowest BCUT2D eigenvalue weighted by Gasteiger charge is -2.30. The van der Waals surface area contributed by atoms with Gasteiger partial charge >= 0.3 is 0 Å². The van der Waals surface area contributed by atoms with Crippen LogP contribution in [0.4, 0.5) is 0 Å². The molecule has 0 saturated heterocycles. The first-order valence-electron chi connectivity index (χ1n) is 19.1. The van der Waals surface area contributed by atoms with Crippen LogP contribution in [0.25, 0.3) is 0 Å². The molecule has 0 aliphatic heterocycles. The van der Waals surface area contributed by atoms with E-state index in [0.717, 1.165) is 73.6 Å². The first kappa shape index (κ1) is 41.7. The summed E-state index contributed by atoms with van der Waals surface area (Å²) in [5.41, 5.74) is 4.13. The van der Waals surface area contributed by atoms with Crippen molar-refractivity contribution in [2.24, 2.45) is 9.98 Å². The summed E-state index contributed by atoms with van der Waals surface area (Å²) in [6.45, 7) is 26.6. The zero-order valence-electron chi connectivity index (χ0n) is 33.6. The van der Waals surface area contributed by atoms with Gasteiger partial charge in [-0.15, -0.1) is 0 Å². The van der Waals surface area contributed by atoms with Gasteiger partial charge in [-0.3, -0.25) is 9.98 Å². The van der Waals surface area contributed by atoms with Crippen molar-refractivity contribution in [1.82, 2.24) is 0 Å². The van der Waals surface area contributed by atoms with E-state index >= 15 is 0 Å². The van der Waals surface area contributed by atoms with Crippen molar-refractivity contribution >= 4 is 12.4 Å². The summed E-state index contributed by atoms with van der Waals surface area (Å²) in [5.74, 6) is 0.611. The molecule has 0 heterocycles. The number of phenols is 2. The highest BCUT2D eigenvalue weighted by Gasteiger charge is 2.30. The van der Waals surface area contributed by atoms with E-state index in [1.807, 2.05) is 12.1 Å². The Balaban J connectivity index is 0.000000270. The highest BCUT2D eigenvalue weighted by atomic mass is 16.3. The van der Waals surface area contributed by atoms with Crippen LogP contribution in [0.3, 0.4) is 0 Å². The number of benzene rings is 2. The summed E-state index contributed by atoms with van der Waals surface area (Å²) in [4.78, 5) is 9.02. The fourth-order valence-corrected chi connectivity index (χ4v) is 6.88. The molecule has 2 aliphatic carbocycles. The van der Waals surface area contributed by atoms with Gasteiger partial charge in [-0.1, -0.05) is 134 Å². The Labute approximate surface area is 304 Å². The largest absolute Gasteiger partial charge is 0.507 e. The molecule has 0 bridgehead atoms. The molecule has 6 heteroatoms. The zero-order valence-corrected chi connectivity index (χ0v) is 33.6. The third kappa shape index (κ3) is 11.7. The van der Waals surface area contributed by atoms with Crippen molar-refractivity contribution in [3.8, 4) is 11.5 Å². The second-order valence-electron chi connectivity index (χ2n) is 19.4. The fraction of sp³-hybridized carbons (Fsp3) is 0.682. The molecule has 2 saturated carbocycles. The van der Waals surface area contributed by atoms with Crippen LogP contribution in [0.15, 0.2) is 34.3 Å². The van der Waals surface area contributed by atoms with Crippen LogP contribution in [0.2, 0.25) is 0 Å². The van der Waals surface area contributed by atoms with Crippen LogP contribution in [0.5, 0.6) is 11.5 Å². The molecule has 2 aliphatic rings. The number of hydrogen-bond donors (Lipinski definition) is 4. The van der Waals surface area contributed by atoms with Crippen LogP contribution in [0, 0.1) is 0 Å². The predicted octanol–water partition coefficient (Wildman–Crippen LogP) is 10.2. The minimum atomic E-state index is -0.668. The van der Waals surface area contributed by atoms with Gasteiger partial charge in [0.25, 0.3) is 0 Å². The van der Waals surface area contributed by atoms with E-state index in [2.05, 4.69) is 105 Å². The zero-order chi connectivity index (χ0) is 37.8. The molecule has 280 valence electrons. The molecular formula is C44H70N2O4. The molecule has 0 aromatic heterocycles. The number of nitrogens with zero attached hydrogens (tertiary/aromatic N) is 2. The molecule has 50 heavy (non-hydrogen) atoms. The van der Waals surface area contributed by atoms with E-state index in [1.54, 1.807) is 12.4 Å². The maximum atomic E-state index is 10.8. The quantitative estimate of drug-likeness (QED) is 0.226. The van der Waals surface area contributed by atoms with E-state index in [0.29, 0.717) is 24.6 Å². The third-order valence-corrected chi connectivity index (χ3v) is 10.4. The van der Waals surface area contributed by atoms with E-state index in [4.69, 9.17) is 0 Å². The lowest BCUT2D eigenvalue weighted by atomic mass is 9.79. The number of aromatic hydroxyl groups is 2. The Morgan fingerprint density at radius 3 is 1.06 bits per heavy atom. The van der Waals surface area contributed by atoms with Gasteiger partial charge in [0.2, 0.25) is 0 Å². The average Bonchev–Trinajstić information content (AvgIpc) is 2.97. The van der Waals surface area contributed by atoms with Crippen LogP contribution >= 0.6 is 0 Å². The van der Waals surface area contributed by atoms with Gasteiger partial charge < -0.3 is 20.4 Å². The Kier molecular flexibility index (Phi) is 13.3. The summed E-state index contributed by atoms with van der Waals surface area (Å²) in [5, 5.41) is 42.7. The Bertz CT molecular complexity index is 1370. The third-order valence-electron chi connectivity index (χ3n) is 10.4. The Morgan fingerprint density at radius 2 is 0.800 bits per heavy atom. The number of aliphatic imine (C=N–C) groups is 2. The Morgan fingerprint density at radius 1 is 0.500 bits per heavy atom. The van der Waals surface area contributed by atoms with E-state index in [1.165, 1.54) is 24.0 Å². The van der Waals surface area contributed by atoms with Gasteiger partial charge in [-0.05, 0) is 70.6 Å². The van der Waals surface area contributed by atoms with Gasteiger partial charge in [0.15, 0.2) is 0 Å². The van der Waals surface area contributed by atoms with Crippen LogP contribution < -0.4 is 0 Å². The molecule has 0 amide bonds. The molecule has 2 aromatic carbocycles. The maximum absolute atomic E-state index is 10.8. The SMILES string of the molecule is CC(C)(C)c1cc(C=NCC2(O)CCCCC2)c(O)c(C(C)(C)C)c1.CC(C)(C)c1cc(C=NCC2(O)CCCCC2)c(O)c(C(C)(C)C)c1. The van der Waals surface area contributed by atoms with Crippen LogP contribution in [0.1, 0.15) is 181 Å². The van der Waals surface area contributed by atoms with Crippen molar-refractivity contribution in [2.45, 2.75) is 180 Å². The average molecular weight is 691 g/mol. The van der Waals surface area contributed by atoms with Crippen molar-refractivity contribution in [3.63, 3.8) is 0 Å². The molecule has 2 aromatic rings. The summed E-state index contributed by atoms with van der Waals surface area (Å²) in [6.07, 6.45) is 13.5. The summed E-state index contributed by atoms with van der Waals surface area (Å²) < 4.78 is 0. The minimum absolute atomic E-state index is 0.00212. The predicted molar refractivity (Wildman–Crippen MR) is 212 cm³/mol. The topological polar surface area (TPSA) is 106 Å². The first-order valence-corrected chi connectivity index (χ1v) is 19.1. The minimum Gasteiger partial charge on any atom is -0.507 e. The second-order valence-corrected chi connectivity index (χ2v) is 19.4. The van der Waals surface area contributed by atoms with Gasteiger partial charge in [0, 0.05) is 34.7 Å². The summed E-state index contributed by atoms with van der Waals surface area (Å²) >= 11 is 0. The number of aliphatic hydroxyl groups is 2. The highest BCUT2D eigenvalue weighted by molar-refractivity contribution is 5.85. The molecule has 2 fully saturated rings. The molecule has 6 nitrogen and oxygen atoms in total. The van der Waals surface area contributed by atoms with Crippen LogP contribution in [-0.2, 0) is 21.7 Å². The van der Waals surface area contributed by atoms with Gasteiger partial charge in [-0.2, -0.15) is 0 Å². The van der Waals surface area contributed by atoms with Crippen molar-refractivity contribution in [2.75, 3.05) is 13.1 Å². The van der Waals surface area contributed by atoms with Gasteiger partial charge in [0.05, 0.1) is 24.3 Å². The molecule has 0 radical (unpaired) electrons. The van der Waals surface area contributed by atoms with Gasteiger partial charge in [-0.25, -0.2) is 0 Å². The van der Waals surface area contributed by atoms with E-state index in [-0.39, 0.29) is 21.7 Å². The number of rotatable bonds is 6. The summed E-state index contributed by atoms with van der Waals surface area (Å²) in [6, 6.07) is 8.28. The van der Waals surface area contributed by atoms with E-state index < -0.39 is 11.2 Å². The highest BCUT2D eigenvalue weighted by Crippen LogP contribution is 2.39. The van der Waals surface area contributed by atoms with Crippen molar-refractivity contribution < 1.29 is 20.4 Å². The molecule has 0 atom stereocenters. The van der Waals surface area contributed by atoms with Crippen LogP contribution in [-0.4, -0.2) is 57.1 Å². The number of phenolic OH excluding ortho intramolecular Hbond substituents is 2. The normalized spacial score (nSPS) is 18.7. The summed E-state index contributed by atoms with van der Waals surface area (Å²) in [7, 11) is 0. The molecule has 4 N–H and O–H groups in total. The lowest BCUT2D eigenvalue weighted by molar-refractivity contribution is 0.0130. The molecular weight excluding hydrogens is 620 g/mol. The maximum Gasteiger partial charge on any atom is 0.128 e. The van der Waals surface area contributed by atoms with Crippen molar-refractivity contribution in [3.05, 3.63) is 57.6 Å². The smallest absolute Gasteiger partial charge is 0.128 e. The molecule has 0 spiro atoms. The monoisotopic (exact) mass is 691 g/mol. The standard InChI is InChI=1S/2C22H35NO2/c2*1-20(2,3)17-12-16(19(24)18(13-17)21(4,5)6)14-23-15-22(25)10-8-7-9-11-22/h2*12-14,24-25H,7-11,15H2,1-6H3. The molecule has 4 rings (SSSR count). The van der Waals surface area contributed by atoms with E-state index in [9.17, 15) is 20.4 Å². The lowest BCUT2D eigenvalue weighted by Crippen LogP contribution is -2.34.